The highest BCUT2D eigenvalue weighted by atomic mass is 79.9. The van der Waals surface area contributed by atoms with Gasteiger partial charge in [-0.15, -0.1) is 11.6 Å². The molecule has 0 aliphatic heterocycles. The normalized spacial score (nSPS) is 17.6. The summed E-state index contributed by atoms with van der Waals surface area (Å²) in [5.41, 5.74) is 1.10. The molecule has 0 amide bonds. The number of aryl methyl sites for hydroxylation is 1. The van der Waals surface area contributed by atoms with Crippen molar-refractivity contribution in [3.8, 4) is 0 Å². The lowest BCUT2D eigenvalue weighted by Crippen LogP contribution is -2.12. The molecule has 2 rings (SSSR count). The Morgan fingerprint density at radius 3 is 2.74 bits per heavy atom. The van der Waals surface area contributed by atoms with Crippen molar-refractivity contribution in [3.05, 3.63) is 38.3 Å². The molecule has 0 heterocycles. The van der Waals surface area contributed by atoms with E-state index in [9.17, 15) is 10.1 Å². The van der Waals surface area contributed by atoms with E-state index < -0.39 is 0 Å². The molecule has 0 radical (unpaired) electrons. The third-order valence-electron chi connectivity index (χ3n) is 3.86. The summed E-state index contributed by atoms with van der Waals surface area (Å²) in [5, 5.41) is 11.1. The van der Waals surface area contributed by atoms with E-state index in [1.165, 1.54) is 31.7 Å². The molecule has 1 atom stereocenters. The summed E-state index contributed by atoms with van der Waals surface area (Å²) in [6, 6.07) is 5.18. The highest BCUT2D eigenvalue weighted by molar-refractivity contribution is 9.10. The van der Waals surface area contributed by atoms with Crippen LogP contribution in [0.25, 0.3) is 0 Å². The predicted molar refractivity (Wildman–Crippen MR) is 80.7 cm³/mol. The molecule has 0 aromatic heterocycles. The zero-order valence-corrected chi connectivity index (χ0v) is 13.0. The van der Waals surface area contributed by atoms with E-state index in [0.717, 1.165) is 18.4 Å². The minimum Gasteiger partial charge on any atom is -0.258 e. The van der Waals surface area contributed by atoms with Gasteiger partial charge in [0.2, 0.25) is 0 Å². The second-order valence-electron chi connectivity index (χ2n) is 5.11. The van der Waals surface area contributed by atoms with Gasteiger partial charge in [-0.1, -0.05) is 25.0 Å². The third-order valence-corrected chi connectivity index (χ3v) is 5.35. The van der Waals surface area contributed by atoms with Crippen LogP contribution in [-0.2, 0) is 6.42 Å². The first-order valence-corrected chi connectivity index (χ1v) is 7.88. The van der Waals surface area contributed by atoms with Crippen molar-refractivity contribution < 1.29 is 4.92 Å². The first-order chi connectivity index (χ1) is 9.09. The Bertz CT molecular complexity index is 461. The Kier molecular flexibility index (Phi) is 5.22. The van der Waals surface area contributed by atoms with E-state index >= 15 is 0 Å². The molecule has 19 heavy (non-hydrogen) atoms. The molecule has 1 aliphatic carbocycles. The number of hydrogen-bond acceptors (Lipinski definition) is 2. The standard InChI is InChI=1S/C14H17BrClNO2/c15-14-11(6-3-7-13(14)17(18)19)8-9-12(16)10-4-1-2-5-10/h3,6-7,10,12H,1-2,4-5,8-9H2. The van der Waals surface area contributed by atoms with Gasteiger partial charge in [-0.05, 0) is 53.1 Å². The van der Waals surface area contributed by atoms with Gasteiger partial charge in [-0.3, -0.25) is 10.1 Å². The van der Waals surface area contributed by atoms with Crippen LogP contribution in [0.4, 0.5) is 5.69 Å². The van der Waals surface area contributed by atoms with E-state index in [-0.39, 0.29) is 16.0 Å². The van der Waals surface area contributed by atoms with Crippen molar-refractivity contribution in [2.24, 2.45) is 5.92 Å². The zero-order valence-electron chi connectivity index (χ0n) is 10.6. The van der Waals surface area contributed by atoms with E-state index in [4.69, 9.17) is 11.6 Å². The van der Waals surface area contributed by atoms with E-state index in [1.54, 1.807) is 6.07 Å². The van der Waals surface area contributed by atoms with E-state index in [0.29, 0.717) is 10.4 Å². The smallest absolute Gasteiger partial charge is 0.258 e. The lowest BCUT2D eigenvalue weighted by molar-refractivity contribution is -0.385. The lowest BCUT2D eigenvalue weighted by atomic mass is 9.97. The Labute approximate surface area is 126 Å². The monoisotopic (exact) mass is 345 g/mol. The number of nitrogens with zero attached hydrogens (tertiary/aromatic N) is 1. The minimum absolute atomic E-state index is 0.129. The molecule has 0 N–H and O–H groups in total. The highest BCUT2D eigenvalue weighted by Gasteiger charge is 2.23. The molecular formula is C14H17BrClNO2. The molecule has 0 saturated heterocycles. The first kappa shape index (κ1) is 14.8. The molecule has 3 nitrogen and oxygen atoms in total. The maximum atomic E-state index is 10.9. The van der Waals surface area contributed by atoms with E-state index in [1.807, 2.05) is 6.07 Å². The number of nitro groups is 1. The van der Waals surface area contributed by atoms with Crippen molar-refractivity contribution in [2.45, 2.75) is 43.9 Å². The molecule has 1 saturated carbocycles. The summed E-state index contributed by atoms with van der Waals surface area (Å²) in [6.07, 6.45) is 6.69. The molecule has 1 aromatic carbocycles. The fraction of sp³-hybridized carbons (Fsp3) is 0.571. The fourth-order valence-electron chi connectivity index (χ4n) is 2.75. The second kappa shape index (κ2) is 6.71. The maximum Gasteiger partial charge on any atom is 0.283 e. The SMILES string of the molecule is O=[N+]([O-])c1cccc(CCC(Cl)C2CCCC2)c1Br. The van der Waals surface area contributed by atoms with E-state index in [2.05, 4.69) is 15.9 Å². The predicted octanol–water partition coefficient (Wildman–Crippen LogP) is 5.09. The molecule has 1 fully saturated rings. The zero-order chi connectivity index (χ0) is 13.8. The Morgan fingerprint density at radius 1 is 1.42 bits per heavy atom. The summed E-state index contributed by atoms with van der Waals surface area (Å²) in [7, 11) is 0. The quantitative estimate of drug-likeness (QED) is 0.423. The van der Waals surface area contributed by atoms with Gasteiger partial charge in [-0.25, -0.2) is 0 Å². The number of rotatable bonds is 5. The molecular weight excluding hydrogens is 330 g/mol. The second-order valence-corrected chi connectivity index (χ2v) is 6.46. The summed E-state index contributed by atoms with van der Waals surface area (Å²) in [5.74, 6) is 0.624. The average molecular weight is 347 g/mol. The van der Waals surface area contributed by atoms with Gasteiger partial charge in [0, 0.05) is 11.4 Å². The van der Waals surface area contributed by atoms with Crippen LogP contribution < -0.4 is 0 Å². The van der Waals surface area contributed by atoms with Gasteiger partial charge in [0.15, 0.2) is 0 Å². The van der Waals surface area contributed by atoms with Gasteiger partial charge in [0.1, 0.15) is 0 Å². The first-order valence-electron chi connectivity index (χ1n) is 6.65. The Morgan fingerprint density at radius 2 is 2.11 bits per heavy atom. The highest BCUT2D eigenvalue weighted by Crippen LogP contribution is 2.34. The number of nitro benzene ring substituents is 1. The summed E-state index contributed by atoms with van der Waals surface area (Å²) in [4.78, 5) is 10.5. The average Bonchev–Trinajstić information content (AvgIpc) is 2.90. The van der Waals surface area contributed by atoms with Crippen molar-refractivity contribution in [1.82, 2.24) is 0 Å². The molecule has 5 heteroatoms. The minimum atomic E-state index is -0.358. The molecule has 1 aliphatic rings. The van der Waals surface area contributed by atoms with Crippen molar-refractivity contribution in [2.75, 3.05) is 0 Å². The van der Waals surface area contributed by atoms with Gasteiger partial charge in [0.05, 0.1) is 9.40 Å². The van der Waals surface area contributed by atoms with Gasteiger partial charge in [0.25, 0.3) is 5.69 Å². The largest absolute Gasteiger partial charge is 0.283 e. The molecule has 0 spiro atoms. The number of alkyl halides is 1. The van der Waals surface area contributed by atoms with Crippen LogP contribution in [0.3, 0.4) is 0 Å². The van der Waals surface area contributed by atoms with Gasteiger partial charge < -0.3 is 0 Å². The van der Waals surface area contributed by atoms with Crippen LogP contribution in [-0.4, -0.2) is 10.3 Å². The number of halogens is 2. The summed E-state index contributed by atoms with van der Waals surface area (Å²) in [6.45, 7) is 0. The molecule has 0 bridgehead atoms. The van der Waals surface area contributed by atoms with Crippen LogP contribution in [0.2, 0.25) is 0 Å². The Balaban J connectivity index is 1.99. The fourth-order valence-corrected chi connectivity index (χ4v) is 3.72. The van der Waals surface area contributed by atoms with Crippen LogP contribution in [0.15, 0.2) is 22.7 Å². The maximum absolute atomic E-state index is 10.9. The third kappa shape index (κ3) is 3.69. The van der Waals surface area contributed by atoms with Gasteiger partial charge >= 0.3 is 0 Å². The van der Waals surface area contributed by atoms with Crippen LogP contribution in [0.5, 0.6) is 0 Å². The Hall–Kier alpha value is -0.610. The van der Waals surface area contributed by atoms with Crippen molar-refractivity contribution in [1.29, 1.82) is 0 Å². The topological polar surface area (TPSA) is 43.1 Å². The van der Waals surface area contributed by atoms with Gasteiger partial charge in [-0.2, -0.15) is 0 Å². The lowest BCUT2D eigenvalue weighted by Gasteiger charge is -2.16. The number of hydrogen-bond donors (Lipinski definition) is 0. The number of benzene rings is 1. The van der Waals surface area contributed by atoms with Crippen molar-refractivity contribution >= 4 is 33.2 Å². The van der Waals surface area contributed by atoms with Crippen molar-refractivity contribution in [3.63, 3.8) is 0 Å². The molecule has 104 valence electrons. The summed E-state index contributed by atoms with van der Waals surface area (Å²) < 4.78 is 0.593. The van der Waals surface area contributed by atoms with Crippen LogP contribution in [0.1, 0.15) is 37.7 Å². The van der Waals surface area contributed by atoms with Crippen LogP contribution in [0, 0.1) is 16.0 Å². The molecule has 1 unspecified atom stereocenters. The van der Waals surface area contributed by atoms with Crippen LogP contribution >= 0.6 is 27.5 Å². The summed E-state index contributed by atoms with van der Waals surface area (Å²) >= 11 is 9.77. The molecule has 1 aromatic rings.